The van der Waals surface area contributed by atoms with E-state index >= 15 is 0 Å². The van der Waals surface area contributed by atoms with E-state index in [0.717, 1.165) is 41.5 Å². The Bertz CT molecular complexity index is 962. The smallest absolute Gasteiger partial charge is 0.419 e. The molecule has 2 saturated heterocycles. The number of nitrogens with zero attached hydrogens (tertiary/aromatic N) is 2. The Hall–Kier alpha value is -2.22. The predicted molar refractivity (Wildman–Crippen MR) is 125 cm³/mol. The topological polar surface area (TPSA) is 97.1 Å². The van der Waals surface area contributed by atoms with E-state index in [4.69, 9.17) is 9.47 Å². The van der Waals surface area contributed by atoms with E-state index in [-0.39, 0.29) is 22.5 Å². The molecule has 4 rings (SSSR count). The Morgan fingerprint density at radius 1 is 1.26 bits per heavy atom. The second-order valence-corrected chi connectivity index (χ2v) is 9.99. The van der Waals surface area contributed by atoms with E-state index in [1.807, 2.05) is 0 Å². The first-order valence-corrected chi connectivity index (χ1v) is 12.3. The highest BCUT2D eigenvalue weighted by atomic mass is 32.2. The van der Waals surface area contributed by atoms with Crippen molar-refractivity contribution in [1.82, 2.24) is 4.90 Å². The van der Waals surface area contributed by atoms with Crippen LogP contribution in [-0.2, 0) is 10.9 Å². The molecule has 2 aliphatic rings. The molecule has 0 atom stereocenters. The molecule has 1 aromatic carbocycles. The Balaban J connectivity index is 0.000000469. The molecule has 0 bridgehead atoms. The second kappa shape index (κ2) is 12.0. The third kappa shape index (κ3) is 7.65. The van der Waals surface area contributed by atoms with Gasteiger partial charge in [-0.05, 0) is 57.1 Å². The average molecular weight is 522 g/mol. The number of halogens is 3. The van der Waals surface area contributed by atoms with E-state index in [1.165, 1.54) is 32.0 Å². The van der Waals surface area contributed by atoms with E-state index in [9.17, 15) is 28.4 Å². The lowest BCUT2D eigenvalue weighted by atomic mass is 10.2. The van der Waals surface area contributed by atoms with Crippen LogP contribution in [0.5, 0.6) is 10.8 Å². The van der Waals surface area contributed by atoms with E-state index in [1.54, 1.807) is 0 Å². The first-order chi connectivity index (χ1) is 16.1. The molecule has 0 amide bonds. The number of alkyl halides is 3. The molecular weight excluding hydrogens is 495 g/mol. The second-order valence-electron chi connectivity index (χ2n) is 7.87. The van der Waals surface area contributed by atoms with Crippen molar-refractivity contribution in [2.45, 2.75) is 42.2 Å². The van der Waals surface area contributed by atoms with Crippen LogP contribution in [0.25, 0.3) is 0 Å². The number of phenolic OH excluding ortho intramolecular Hbond substituents is 1. The fourth-order valence-electron chi connectivity index (χ4n) is 3.37. The quantitative estimate of drug-likeness (QED) is 0.281. The highest BCUT2D eigenvalue weighted by Gasteiger charge is 2.33. The molecule has 0 radical (unpaired) electrons. The number of nitro groups is 1. The summed E-state index contributed by atoms with van der Waals surface area (Å²) in [6, 6.07) is 4.20. The number of nitrogens with one attached hydrogen (secondary N) is 1. The summed E-state index contributed by atoms with van der Waals surface area (Å²) in [6.07, 6.45) is -0.710. The third-order valence-electron chi connectivity index (χ3n) is 5.20. The molecule has 3 heterocycles. The molecule has 34 heavy (non-hydrogen) atoms. The Kier molecular flexibility index (Phi) is 9.28. The van der Waals surface area contributed by atoms with Crippen LogP contribution in [0.15, 0.2) is 28.5 Å². The molecule has 188 valence electrons. The fourth-order valence-corrected chi connectivity index (χ4v) is 5.18. The van der Waals surface area contributed by atoms with Crippen LogP contribution in [0.4, 0.5) is 24.5 Å². The summed E-state index contributed by atoms with van der Waals surface area (Å²) >= 11 is 2.04. The summed E-state index contributed by atoms with van der Waals surface area (Å²) in [5, 5.41) is 21.0. The summed E-state index contributed by atoms with van der Waals surface area (Å²) < 4.78 is 52.3. The van der Waals surface area contributed by atoms with Gasteiger partial charge in [-0.2, -0.15) is 13.2 Å². The van der Waals surface area contributed by atoms with Crippen molar-refractivity contribution in [1.29, 1.82) is 0 Å². The summed E-state index contributed by atoms with van der Waals surface area (Å²) in [5.74, 6) is -0.904. The number of rotatable bonds is 6. The fraction of sp³-hybridized carbons (Fsp3) is 0.524. The van der Waals surface area contributed by atoms with Crippen molar-refractivity contribution in [3.8, 4) is 10.8 Å². The number of phenols is 1. The van der Waals surface area contributed by atoms with Gasteiger partial charge in [0.15, 0.2) is 0 Å². The number of likely N-dealkylation sites (tertiary alicyclic amines) is 1. The van der Waals surface area contributed by atoms with Crippen molar-refractivity contribution >= 4 is 34.7 Å². The van der Waals surface area contributed by atoms with Crippen LogP contribution >= 0.6 is 23.3 Å². The monoisotopic (exact) mass is 521 g/mol. The highest BCUT2D eigenvalue weighted by molar-refractivity contribution is 8.02. The zero-order chi connectivity index (χ0) is 24.7. The molecule has 0 saturated carbocycles. The molecule has 2 aromatic rings. The van der Waals surface area contributed by atoms with E-state index < -0.39 is 22.4 Å². The Morgan fingerprint density at radius 3 is 2.47 bits per heavy atom. The normalized spacial score (nSPS) is 17.2. The van der Waals surface area contributed by atoms with Gasteiger partial charge in [0.2, 0.25) is 0 Å². The van der Waals surface area contributed by atoms with Gasteiger partial charge in [0, 0.05) is 30.7 Å². The van der Waals surface area contributed by atoms with Gasteiger partial charge in [0.25, 0.3) is 5.06 Å². The number of ether oxygens (including phenoxy) is 2. The molecule has 2 N–H and O–H groups in total. The standard InChI is InChI=1S/C16H15F3N2O5S2.C5H11N/c17-16(18,19)11-2-1-9(7-13(11)22)20-28-14-8-12(21(23)24)15(27-14)26-10-3-5-25-6-4-10;1-6-4-2-3-5-6/h1-2,7-8,10,20,22H,3-6H2;2-5H2,1H3. The number of anilines is 1. The van der Waals surface area contributed by atoms with Crippen LogP contribution in [-0.4, -0.2) is 54.4 Å². The lowest BCUT2D eigenvalue weighted by Gasteiger charge is -2.22. The summed E-state index contributed by atoms with van der Waals surface area (Å²) in [4.78, 5) is 13.1. The number of hydrogen-bond acceptors (Lipinski definition) is 9. The van der Waals surface area contributed by atoms with Gasteiger partial charge in [-0.1, -0.05) is 11.3 Å². The maximum Gasteiger partial charge on any atom is 0.419 e. The van der Waals surface area contributed by atoms with Gasteiger partial charge in [-0.25, -0.2) is 0 Å². The lowest BCUT2D eigenvalue weighted by molar-refractivity contribution is -0.385. The molecule has 0 spiro atoms. The zero-order valence-electron chi connectivity index (χ0n) is 18.5. The summed E-state index contributed by atoms with van der Waals surface area (Å²) in [7, 11) is 2.17. The molecule has 2 fully saturated rings. The first kappa shape index (κ1) is 26.4. The van der Waals surface area contributed by atoms with E-state index in [0.29, 0.717) is 30.3 Å². The van der Waals surface area contributed by atoms with Gasteiger partial charge in [-0.15, -0.1) is 0 Å². The molecule has 0 aliphatic carbocycles. The van der Waals surface area contributed by atoms with Gasteiger partial charge >= 0.3 is 11.9 Å². The lowest BCUT2D eigenvalue weighted by Crippen LogP contribution is -2.25. The molecule has 0 unspecified atom stereocenters. The highest BCUT2D eigenvalue weighted by Crippen LogP contribution is 2.43. The van der Waals surface area contributed by atoms with Crippen molar-refractivity contribution in [3.63, 3.8) is 0 Å². The van der Waals surface area contributed by atoms with Crippen LogP contribution in [0, 0.1) is 10.1 Å². The van der Waals surface area contributed by atoms with Crippen LogP contribution < -0.4 is 9.46 Å². The Labute approximate surface area is 203 Å². The first-order valence-electron chi connectivity index (χ1n) is 10.7. The van der Waals surface area contributed by atoms with Gasteiger partial charge < -0.3 is 24.2 Å². The number of aromatic hydroxyl groups is 1. The van der Waals surface area contributed by atoms with Gasteiger partial charge in [0.05, 0.1) is 27.9 Å². The molecular formula is C21H26F3N3O5S2. The largest absolute Gasteiger partial charge is 0.507 e. The third-order valence-corrected chi connectivity index (χ3v) is 7.16. The van der Waals surface area contributed by atoms with Crippen LogP contribution in [0.2, 0.25) is 0 Å². The summed E-state index contributed by atoms with van der Waals surface area (Å²) in [5.41, 5.74) is -1.09. The molecule has 2 aliphatic heterocycles. The minimum atomic E-state index is -4.65. The number of hydrogen-bond donors (Lipinski definition) is 2. The van der Waals surface area contributed by atoms with Crippen molar-refractivity contribution in [3.05, 3.63) is 39.9 Å². The number of benzene rings is 1. The predicted octanol–water partition coefficient (Wildman–Crippen LogP) is 5.77. The zero-order valence-corrected chi connectivity index (χ0v) is 20.1. The van der Waals surface area contributed by atoms with Gasteiger partial charge in [-0.3, -0.25) is 10.1 Å². The minimum absolute atomic E-state index is 0.163. The van der Waals surface area contributed by atoms with E-state index in [2.05, 4.69) is 16.7 Å². The van der Waals surface area contributed by atoms with Crippen molar-refractivity contribution in [2.24, 2.45) is 0 Å². The SMILES string of the molecule is CN1CCCC1.O=[N+]([O-])c1cc(SNc2ccc(C(F)(F)F)c(O)c2)sc1OC1CCOCC1. The molecule has 13 heteroatoms. The molecule has 1 aromatic heterocycles. The van der Waals surface area contributed by atoms with Gasteiger partial charge in [0.1, 0.15) is 11.9 Å². The number of thiophene rings is 1. The van der Waals surface area contributed by atoms with Crippen LogP contribution in [0.1, 0.15) is 31.2 Å². The van der Waals surface area contributed by atoms with Crippen molar-refractivity contribution < 1.29 is 32.7 Å². The van der Waals surface area contributed by atoms with Crippen molar-refractivity contribution in [2.75, 3.05) is 38.1 Å². The minimum Gasteiger partial charge on any atom is -0.507 e. The maximum absolute atomic E-state index is 12.7. The summed E-state index contributed by atoms with van der Waals surface area (Å²) in [6.45, 7) is 3.70. The maximum atomic E-state index is 12.7. The molecule has 8 nitrogen and oxygen atoms in total. The van der Waals surface area contributed by atoms with Crippen LogP contribution in [0.3, 0.4) is 0 Å². The Morgan fingerprint density at radius 2 is 1.94 bits per heavy atom. The average Bonchev–Trinajstić information content (AvgIpc) is 3.41.